The SMILES string of the molecule is COc1cc2c(Oc3ccc4[nH]c(C)cc4c3F)ccnc2cc1OC1(CC(N)=O)CC1. The Kier molecular flexibility index (Phi) is 4.65. The van der Waals surface area contributed by atoms with Crippen LogP contribution in [-0.4, -0.2) is 28.6 Å². The molecule has 0 radical (unpaired) electrons. The van der Waals surface area contributed by atoms with E-state index in [2.05, 4.69) is 9.97 Å². The smallest absolute Gasteiger partial charge is 0.221 e. The van der Waals surface area contributed by atoms with Gasteiger partial charge in [-0.2, -0.15) is 0 Å². The number of aryl methyl sites for hydroxylation is 1. The van der Waals surface area contributed by atoms with E-state index in [-0.39, 0.29) is 12.2 Å². The fourth-order valence-corrected chi connectivity index (χ4v) is 3.95. The van der Waals surface area contributed by atoms with Gasteiger partial charge >= 0.3 is 0 Å². The lowest BCUT2D eigenvalue weighted by molar-refractivity contribution is -0.120. The summed E-state index contributed by atoms with van der Waals surface area (Å²) in [5.74, 6) is 0.630. The summed E-state index contributed by atoms with van der Waals surface area (Å²) in [6.07, 6.45) is 3.22. The van der Waals surface area contributed by atoms with Gasteiger partial charge in [-0.05, 0) is 50.1 Å². The predicted molar refractivity (Wildman–Crippen MR) is 118 cm³/mol. The van der Waals surface area contributed by atoms with E-state index in [1.165, 1.54) is 7.11 Å². The molecule has 1 fully saturated rings. The summed E-state index contributed by atoms with van der Waals surface area (Å²) < 4.78 is 32.6. The summed E-state index contributed by atoms with van der Waals surface area (Å²) in [5.41, 5.74) is 6.94. The molecular formula is C24H22FN3O4. The topological polar surface area (TPSA) is 99.5 Å². The molecule has 2 aromatic heterocycles. The molecule has 1 saturated carbocycles. The van der Waals surface area contributed by atoms with Crippen LogP contribution in [0, 0.1) is 12.7 Å². The molecule has 0 bridgehead atoms. The average Bonchev–Trinajstić information content (AvgIpc) is 3.38. The van der Waals surface area contributed by atoms with E-state index in [0.717, 1.165) is 18.5 Å². The van der Waals surface area contributed by atoms with E-state index in [9.17, 15) is 4.79 Å². The number of amides is 1. The minimum absolute atomic E-state index is 0.113. The first-order valence-corrected chi connectivity index (χ1v) is 10.3. The van der Waals surface area contributed by atoms with E-state index < -0.39 is 17.3 Å². The Hall–Kier alpha value is -3.81. The summed E-state index contributed by atoms with van der Waals surface area (Å²) in [5, 5.41) is 1.11. The van der Waals surface area contributed by atoms with Gasteiger partial charge in [0.25, 0.3) is 0 Å². The maximum atomic E-state index is 15.0. The number of nitrogens with two attached hydrogens (primary N) is 1. The highest BCUT2D eigenvalue weighted by molar-refractivity contribution is 5.89. The van der Waals surface area contributed by atoms with Gasteiger partial charge in [-0.25, -0.2) is 4.39 Å². The van der Waals surface area contributed by atoms with Gasteiger partial charge < -0.3 is 24.9 Å². The van der Waals surface area contributed by atoms with Crippen LogP contribution in [-0.2, 0) is 4.79 Å². The van der Waals surface area contributed by atoms with Crippen LogP contribution in [0.2, 0.25) is 0 Å². The van der Waals surface area contributed by atoms with E-state index in [4.69, 9.17) is 19.9 Å². The molecule has 32 heavy (non-hydrogen) atoms. The number of benzene rings is 2. The molecule has 2 aromatic carbocycles. The molecule has 1 amide bonds. The average molecular weight is 435 g/mol. The van der Waals surface area contributed by atoms with Crippen molar-refractivity contribution in [3.05, 3.63) is 54.1 Å². The van der Waals surface area contributed by atoms with Gasteiger partial charge in [0, 0.05) is 34.2 Å². The van der Waals surface area contributed by atoms with Crippen molar-refractivity contribution in [3.63, 3.8) is 0 Å². The number of rotatable bonds is 7. The number of hydrogen-bond acceptors (Lipinski definition) is 5. The van der Waals surface area contributed by atoms with Crippen LogP contribution >= 0.6 is 0 Å². The summed E-state index contributed by atoms with van der Waals surface area (Å²) in [4.78, 5) is 18.9. The summed E-state index contributed by atoms with van der Waals surface area (Å²) in [7, 11) is 1.53. The molecular weight excluding hydrogens is 413 g/mol. The number of primary amides is 1. The second-order valence-electron chi connectivity index (χ2n) is 8.15. The number of halogens is 1. The summed E-state index contributed by atoms with van der Waals surface area (Å²) in [6, 6.07) is 10.3. The molecule has 3 N–H and O–H groups in total. The standard InChI is InChI=1S/C24H22FN3O4/c1-13-9-15-16(28-13)3-4-19(23(15)25)31-18-5-8-27-17-11-21(20(30-2)10-14(17)18)32-24(6-7-24)12-22(26)29/h3-5,8-11,28H,6-7,12H2,1-2H3,(H2,26,29). The van der Waals surface area contributed by atoms with Gasteiger partial charge in [-0.3, -0.25) is 9.78 Å². The first-order valence-electron chi connectivity index (χ1n) is 10.3. The van der Waals surface area contributed by atoms with Crippen molar-refractivity contribution in [1.29, 1.82) is 0 Å². The minimum Gasteiger partial charge on any atom is -0.493 e. The Bertz CT molecular complexity index is 1360. The number of aromatic amines is 1. The molecule has 0 saturated heterocycles. The lowest BCUT2D eigenvalue weighted by Gasteiger charge is -2.19. The van der Waals surface area contributed by atoms with Gasteiger partial charge in [-0.15, -0.1) is 0 Å². The zero-order valence-electron chi connectivity index (χ0n) is 17.7. The maximum Gasteiger partial charge on any atom is 0.221 e. The molecule has 164 valence electrons. The van der Waals surface area contributed by atoms with E-state index in [1.807, 2.05) is 6.92 Å². The first-order chi connectivity index (χ1) is 15.4. The molecule has 8 heteroatoms. The van der Waals surface area contributed by atoms with Crippen LogP contribution in [0.5, 0.6) is 23.0 Å². The molecule has 7 nitrogen and oxygen atoms in total. The second kappa shape index (κ2) is 7.40. The van der Waals surface area contributed by atoms with Gasteiger partial charge in [0.1, 0.15) is 11.4 Å². The van der Waals surface area contributed by atoms with Crippen molar-refractivity contribution < 1.29 is 23.4 Å². The Morgan fingerprint density at radius 1 is 1.12 bits per heavy atom. The highest BCUT2D eigenvalue weighted by Crippen LogP contribution is 2.47. The lowest BCUT2D eigenvalue weighted by atomic mass is 10.1. The number of methoxy groups -OCH3 is 1. The Morgan fingerprint density at radius 3 is 2.66 bits per heavy atom. The molecule has 1 aliphatic carbocycles. The van der Waals surface area contributed by atoms with Crippen LogP contribution in [0.1, 0.15) is 25.0 Å². The fourth-order valence-electron chi connectivity index (χ4n) is 3.95. The van der Waals surface area contributed by atoms with Crippen molar-refractivity contribution in [3.8, 4) is 23.0 Å². The number of carbonyl (C=O) groups is 1. The monoisotopic (exact) mass is 435 g/mol. The third-order valence-corrected chi connectivity index (χ3v) is 5.67. The van der Waals surface area contributed by atoms with Crippen molar-refractivity contribution in [2.24, 2.45) is 5.73 Å². The van der Waals surface area contributed by atoms with Gasteiger partial charge in [0.15, 0.2) is 23.1 Å². The number of H-pyrrole nitrogens is 1. The van der Waals surface area contributed by atoms with Gasteiger partial charge in [-0.1, -0.05) is 0 Å². The van der Waals surface area contributed by atoms with Gasteiger partial charge in [0.05, 0.1) is 19.0 Å². The first kappa shape index (κ1) is 20.1. The van der Waals surface area contributed by atoms with E-state index in [0.29, 0.717) is 39.1 Å². The van der Waals surface area contributed by atoms with Crippen LogP contribution in [0.15, 0.2) is 42.6 Å². The van der Waals surface area contributed by atoms with Gasteiger partial charge in [0.2, 0.25) is 5.91 Å². The van der Waals surface area contributed by atoms with Crippen LogP contribution in [0.4, 0.5) is 4.39 Å². The highest BCUT2D eigenvalue weighted by Gasteiger charge is 2.47. The third-order valence-electron chi connectivity index (χ3n) is 5.67. The molecule has 0 spiro atoms. The zero-order chi connectivity index (χ0) is 22.5. The van der Waals surface area contributed by atoms with Crippen LogP contribution < -0.4 is 19.9 Å². The van der Waals surface area contributed by atoms with Crippen molar-refractivity contribution >= 4 is 27.7 Å². The molecule has 0 unspecified atom stereocenters. The number of hydrogen-bond donors (Lipinski definition) is 2. The molecule has 0 atom stereocenters. The number of carbonyl (C=O) groups excluding carboxylic acids is 1. The Balaban J connectivity index is 1.52. The zero-order valence-corrected chi connectivity index (χ0v) is 17.7. The number of nitrogens with one attached hydrogen (secondary N) is 1. The van der Waals surface area contributed by atoms with Crippen molar-refractivity contribution in [1.82, 2.24) is 9.97 Å². The molecule has 1 aliphatic rings. The normalized spacial score (nSPS) is 14.5. The fraction of sp³-hybridized carbons (Fsp3) is 0.250. The predicted octanol–water partition coefficient (Wildman–Crippen LogP) is 4.75. The van der Waals surface area contributed by atoms with Crippen LogP contribution in [0.3, 0.4) is 0 Å². The number of ether oxygens (including phenoxy) is 3. The quantitative estimate of drug-likeness (QED) is 0.436. The molecule has 0 aliphatic heterocycles. The van der Waals surface area contributed by atoms with Crippen molar-refractivity contribution in [2.75, 3.05) is 7.11 Å². The van der Waals surface area contributed by atoms with Crippen LogP contribution in [0.25, 0.3) is 21.8 Å². The van der Waals surface area contributed by atoms with E-state index >= 15 is 4.39 Å². The third kappa shape index (κ3) is 3.57. The maximum absolute atomic E-state index is 15.0. The second-order valence-corrected chi connectivity index (χ2v) is 8.15. The Morgan fingerprint density at radius 2 is 1.94 bits per heavy atom. The number of pyridine rings is 1. The highest BCUT2D eigenvalue weighted by atomic mass is 19.1. The summed E-state index contributed by atoms with van der Waals surface area (Å²) in [6.45, 7) is 1.87. The molecule has 2 heterocycles. The lowest BCUT2D eigenvalue weighted by Crippen LogP contribution is -2.26. The molecule has 5 rings (SSSR count). The molecule has 4 aromatic rings. The Labute approximate surface area is 183 Å². The van der Waals surface area contributed by atoms with Crippen molar-refractivity contribution in [2.45, 2.75) is 31.8 Å². The minimum atomic E-state index is -0.589. The number of nitrogens with zero attached hydrogens (tertiary/aromatic N) is 1. The number of aromatic nitrogens is 2. The number of fused-ring (bicyclic) bond motifs is 2. The largest absolute Gasteiger partial charge is 0.493 e. The van der Waals surface area contributed by atoms with E-state index in [1.54, 1.807) is 42.6 Å². The summed E-state index contributed by atoms with van der Waals surface area (Å²) >= 11 is 0.